The number of carbonyl (C=O) groups is 2. The van der Waals surface area contributed by atoms with Crippen LogP contribution in [0, 0.1) is 12.7 Å². The predicted octanol–water partition coefficient (Wildman–Crippen LogP) is 5.43. The number of pyridine rings is 2. The average molecular weight is 550 g/mol. The second-order valence-electron chi connectivity index (χ2n) is 11.0. The molecule has 40 heavy (non-hydrogen) atoms. The predicted molar refractivity (Wildman–Crippen MR) is 150 cm³/mol. The molecule has 1 atom stereocenters. The molecule has 9 nitrogen and oxygen atoms in total. The van der Waals surface area contributed by atoms with Crippen molar-refractivity contribution in [3.8, 4) is 11.6 Å². The van der Waals surface area contributed by atoms with E-state index in [4.69, 9.17) is 9.47 Å². The van der Waals surface area contributed by atoms with Crippen LogP contribution in [0.15, 0.2) is 54.9 Å². The van der Waals surface area contributed by atoms with Gasteiger partial charge in [-0.15, -0.1) is 0 Å². The maximum absolute atomic E-state index is 13.1. The summed E-state index contributed by atoms with van der Waals surface area (Å²) >= 11 is 0. The molecule has 3 heterocycles. The average Bonchev–Trinajstić information content (AvgIpc) is 2.90. The molecule has 1 aliphatic rings. The van der Waals surface area contributed by atoms with Gasteiger partial charge in [-0.3, -0.25) is 14.6 Å². The van der Waals surface area contributed by atoms with Crippen molar-refractivity contribution in [1.29, 1.82) is 0 Å². The summed E-state index contributed by atoms with van der Waals surface area (Å²) in [5.74, 6) is 0.664. The number of anilines is 1. The van der Waals surface area contributed by atoms with Crippen LogP contribution in [0.25, 0.3) is 0 Å². The highest BCUT2D eigenvalue weighted by Crippen LogP contribution is 2.23. The Morgan fingerprint density at radius 3 is 2.40 bits per heavy atom. The fourth-order valence-electron chi connectivity index (χ4n) is 4.42. The van der Waals surface area contributed by atoms with Crippen molar-refractivity contribution in [3.63, 3.8) is 0 Å². The van der Waals surface area contributed by atoms with E-state index in [2.05, 4.69) is 14.9 Å². The van der Waals surface area contributed by atoms with Gasteiger partial charge < -0.3 is 14.4 Å². The van der Waals surface area contributed by atoms with Gasteiger partial charge in [-0.2, -0.15) is 0 Å². The second-order valence-corrected chi connectivity index (χ2v) is 11.0. The Labute approximate surface area is 234 Å². The number of nitrogens with zero attached hydrogens (tertiary/aromatic N) is 5. The molecule has 4 rings (SSSR count). The Bertz CT molecular complexity index is 1340. The van der Waals surface area contributed by atoms with Crippen LogP contribution >= 0.6 is 0 Å². The molecule has 0 radical (unpaired) electrons. The summed E-state index contributed by atoms with van der Waals surface area (Å²) in [7, 11) is 1.67. The fraction of sp³-hybridized carbons (Fsp3) is 0.400. The number of aromatic nitrogens is 2. The van der Waals surface area contributed by atoms with Crippen LogP contribution in [0.2, 0.25) is 0 Å². The maximum atomic E-state index is 13.1. The zero-order valence-electron chi connectivity index (χ0n) is 23.8. The minimum absolute atomic E-state index is 0.0287. The van der Waals surface area contributed by atoms with Gasteiger partial charge in [-0.1, -0.05) is 0 Å². The van der Waals surface area contributed by atoms with E-state index in [9.17, 15) is 14.0 Å². The molecule has 0 unspecified atom stereocenters. The van der Waals surface area contributed by atoms with Gasteiger partial charge in [0.15, 0.2) is 0 Å². The van der Waals surface area contributed by atoms with Crippen LogP contribution in [-0.2, 0) is 11.3 Å². The van der Waals surface area contributed by atoms with E-state index < -0.39 is 5.60 Å². The number of ether oxygens (including phenoxy) is 2. The number of benzene rings is 1. The maximum Gasteiger partial charge on any atom is 0.410 e. The van der Waals surface area contributed by atoms with E-state index >= 15 is 0 Å². The molecule has 1 saturated heterocycles. The minimum atomic E-state index is -0.521. The van der Waals surface area contributed by atoms with Crippen molar-refractivity contribution in [1.82, 2.24) is 19.8 Å². The Hall–Kier alpha value is -4.05. The standard InChI is InChI=1S/C30H36FN5O4/c1-20-15-26(32-17-23(20)19-35-13-14-36(21(2)18-35)29(38)40-30(3,4)5)34(6)28(37)22-7-12-27(33-16-22)39-25-10-8-24(31)9-11-25/h7-12,15-17,21H,13-14,18-19H2,1-6H3/t21-/m0/s1. The highest BCUT2D eigenvalue weighted by atomic mass is 19.1. The van der Waals surface area contributed by atoms with E-state index in [0.29, 0.717) is 36.1 Å². The lowest BCUT2D eigenvalue weighted by Gasteiger charge is -2.40. The van der Waals surface area contributed by atoms with E-state index in [1.54, 1.807) is 30.3 Å². The largest absolute Gasteiger partial charge is 0.444 e. The van der Waals surface area contributed by atoms with E-state index in [-0.39, 0.29) is 23.9 Å². The van der Waals surface area contributed by atoms with Crippen LogP contribution in [0.3, 0.4) is 0 Å². The summed E-state index contributed by atoms with van der Waals surface area (Å²) in [6, 6.07) is 10.8. The summed E-state index contributed by atoms with van der Waals surface area (Å²) in [5.41, 5.74) is 1.95. The van der Waals surface area contributed by atoms with E-state index in [1.807, 2.05) is 40.7 Å². The molecule has 0 N–H and O–H groups in total. The third kappa shape index (κ3) is 7.32. The molecule has 1 fully saturated rings. The molecule has 2 aromatic heterocycles. The summed E-state index contributed by atoms with van der Waals surface area (Å²) in [6.07, 6.45) is 2.97. The Morgan fingerprint density at radius 2 is 1.80 bits per heavy atom. The van der Waals surface area contributed by atoms with Crippen LogP contribution in [0.5, 0.6) is 11.6 Å². The van der Waals surface area contributed by atoms with Gasteiger partial charge in [0, 0.05) is 57.7 Å². The number of hydrogen-bond acceptors (Lipinski definition) is 7. The zero-order chi connectivity index (χ0) is 29.0. The first-order chi connectivity index (χ1) is 18.9. The Balaban J connectivity index is 1.35. The third-order valence-electron chi connectivity index (χ3n) is 6.61. The van der Waals surface area contributed by atoms with Crippen LogP contribution < -0.4 is 9.64 Å². The highest BCUT2D eigenvalue weighted by molar-refractivity contribution is 6.05. The molecular formula is C30H36FN5O4. The molecule has 10 heteroatoms. The lowest BCUT2D eigenvalue weighted by Crippen LogP contribution is -2.54. The van der Waals surface area contributed by atoms with Gasteiger partial charge in [-0.25, -0.2) is 19.2 Å². The highest BCUT2D eigenvalue weighted by Gasteiger charge is 2.31. The molecule has 1 aromatic carbocycles. The number of carbonyl (C=O) groups excluding carboxylic acids is 2. The smallest absolute Gasteiger partial charge is 0.410 e. The lowest BCUT2D eigenvalue weighted by atomic mass is 10.1. The van der Waals surface area contributed by atoms with Crippen molar-refractivity contribution < 1.29 is 23.5 Å². The van der Waals surface area contributed by atoms with Crippen molar-refractivity contribution in [2.75, 3.05) is 31.6 Å². The molecule has 2 amide bonds. The summed E-state index contributed by atoms with van der Waals surface area (Å²) in [5, 5.41) is 0. The molecule has 3 aromatic rings. The summed E-state index contributed by atoms with van der Waals surface area (Å²) in [4.78, 5) is 39.9. The van der Waals surface area contributed by atoms with Crippen molar-refractivity contribution in [2.45, 2.75) is 52.8 Å². The molecule has 0 aliphatic carbocycles. The van der Waals surface area contributed by atoms with Crippen LogP contribution in [-0.4, -0.2) is 70.1 Å². The van der Waals surface area contributed by atoms with Gasteiger partial charge in [0.25, 0.3) is 5.91 Å². The van der Waals surface area contributed by atoms with Crippen molar-refractivity contribution in [3.05, 3.63) is 77.4 Å². The van der Waals surface area contributed by atoms with Crippen LogP contribution in [0.1, 0.15) is 49.2 Å². The topological polar surface area (TPSA) is 88.1 Å². The van der Waals surface area contributed by atoms with Gasteiger partial charge >= 0.3 is 6.09 Å². The Morgan fingerprint density at radius 1 is 1.07 bits per heavy atom. The van der Waals surface area contributed by atoms with Gasteiger partial charge in [0.05, 0.1) is 5.56 Å². The quantitative estimate of drug-likeness (QED) is 0.405. The second kappa shape index (κ2) is 12.0. The first-order valence-electron chi connectivity index (χ1n) is 13.2. The van der Waals surface area contributed by atoms with Gasteiger partial charge in [-0.05, 0) is 82.1 Å². The minimum Gasteiger partial charge on any atom is -0.444 e. The number of piperazine rings is 1. The number of halogens is 1. The number of aryl methyl sites for hydroxylation is 1. The van der Waals surface area contributed by atoms with Crippen LogP contribution in [0.4, 0.5) is 15.0 Å². The number of hydrogen-bond donors (Lipinski definition) is 0. The first-order valence-corrected chi connectivity index (χ1v) is 13.2. The summed E-state index contributed by atoms with van der Waals surface area (Å²) in [6.45, 7) is 12.4. The normalized spacial score (nSPS) is 16.0. The molecular weight excluding hydrogens is 513 g/mol. The molecule has 0 bridgehead atoms. The fourth-order valence-corrected chi connectivity index (χ4v) is 4.42. The molecule has 1 aliphatic heterocycles. The Kier molecular flexibility index (Phi) is 8.68. The number of amides is 2. The van der Waals surface area contributed by atoms with Gasteiger partial charge in [0.2, 0.25) is 5.88 Å². The van der Waals surface area contributed by atoms with Gasteiger partial charge in [0.1, 0.15) is 23.0 Å². The summed E-state index contributed by atoms with van der Waals surface area (Å²) < 4.78 is 24.2. The molecule has 212 valence electrons. The third-order valence-corrected chi connectivity index (χ3v) is 6.61. The lowest BCUT2D eigenvalue weighted by molar-refractivity contribution is 0.000512. The first kappa shape index (κ1) is 28.9. The number of rotatable bonds is 6. The SMILES string of the molecule is Cc1cc(N(C)C(=O)c2ccc(Oc3ccc(F)cc3)nc2)ncc1CN1CCN(C(=O)OC(C)(C)C)[C@@H](C)C1. The van der Waals surface area contributed by atoms with Crippen molar-refractivity contribution in [2.24, 2.45) is 0 Å². The van der Waals surface area contributed by atoms with Crippen molar-refractivity contribution >= 4 is 17.8 Å². The zero-order valence-corrected chi connectivity index (χ0v) is 23.8. The molecule has 0 saturated carbocycles. The monoisotopic (exact) mass is 549 g/mol. The van der Waals surface area contributed by atoms with E-state index in [0.717, 1.165) is 24.2 Å². The van der Waals surface area contributed by atoms with E-state index in [1.165, 1.54) is 35.4 Å². The molecule has 0 spiro atoms.